The Morgan fingerprint density at radius 2 is 1.83 bits per heavy atom. The first kappa shape index (κ1) is 9.83. The summed E-state index contributed by atoms with van der Waals surface area (Å²) < 4.78 is 0. The summed E-state index contributed by atoms with van der Waals surface area (Å²) in [6.45, 7) is 8.68. The second kappa shape index (κ2) is 4.11. The van der Waals surface area contributed by atoms with Crippen LogP contribution in [-0.2, 0) is 0 Å². The SMILES string of the molecule is C=C(C)C1(CCC)CCCCC1. The lowest BCUT2D eigenvalue weighted by molar-refractivity contribution is 0.220. The first-order valence-corrected chi connectivity index (χ1v) is 5.37. The molecule has 0 atom stereocenters. The van der Waals surface area contributed by atoms with Crippen molar-refractivity contribution in [2.24, 2.45) is 5.41 Å². The van der Waals surface area contributed by atoms with E-state index in [2.05, 4.69) is 20.4 Å². The van der Waals surface area contributed by atoms with Crippen LogP contribution >= 0.6 is 0 Å². The molecule has 0 nitrogen and oxygen atoms in total. The molecular weight excluding hydrogens is 144 g/mol. The summed E-state index contributed by atoms with van der Waals surface area (Å²) >= 11 is 0. The zero-order valence-corrected chi connectivity index (χ0v) is 8.66. The second-order valence-corrected chi connectivity index (χ2v) is 4.37. The monoisotopic (exact) mass is 166 g/mol. The van der Waals surface area contributed by atoms with Gasteiger partial charge in [-0.15, -0.1) is 0 Å². The van der Waals surface area contributed by atoms with E-state index in [1.54, 1.807) is 0 Å². The van der Waals surface area contributed by atoms with Crippen molar-refractivity contribution in [3.05, 3.63) is 12.2 Å². The predicted octanol–water partition coefficient (Wildman–Crippen LogP) is 4.31. The molecule has 1 rings (SSSR count). The van der Waals surface area contributed by atoms with Gasteiger partial charge in [0, 0.05) is 0 Å². The van der Waals surface area contributed by atoms with Crippen molar-refractivity contribution in [3.63, 3.8) is 0 Å². The Labute approximate surface area is 77.1 Å². The van der Waals surface area contributed by atoms with Crippen LogP contribution in [0.15, 0.2) is 12.2 Å². The molecule has 1 fully saturated rings. The quantitative estimate of drug-likeness (QED) is 0.548. The molecule has 0 unspecified atom stereocenters. The number of rotatable bonds is 3. The zero-order valence-electron chi connectivity index (χ0n) is 8.66. The van der Waals surface area contributed by atoms with Gasteiger partial charge in [0.2, 0.25) is 0 Å². The molecule has 0 N–H and O–H groups in total. The van der Waals surface area contributed by atoms with E-state index in [-0.39, 0.29) is 0 Å². The fourth-order valence-corrected chi connectivity index (χ4v) is 2.60. The summed E-state index contributed by atoms with van der Waals surface area (Å²) in [6, 6.07) is 0. The molecule has 0 saturated heterocycles. The van der Waals surface area contributed by atoms with E-state index in [4.69, 9.17) is 0 Å². The van der Waals surface area contributed by atoms with Gasteiger partial charge in [-0.3, -0.25) is 0 Å². The van der Waals surface area contributed by atoms with E-state index in [9.17, 15) is 0 Å². The molecular formula is C12H22. The van der Waals surface area contributed by atoms with Crippen molar-refractivity contribution in [3.8, 4) is 0 Å². The summed E-state index contributed by atoms with van der Waals surface area (Å²) in [6.07, 6.45) is 9.76. The molecule has 0 aliphatic heterocycles. The van der Waals surface area contributed by atoms with Crippen molar-refractivity contribution >= 4 is 0 Å². The number of hydrogen-bond acceptors (Lipinski definition) is 0. The summed E-state index contributed by atoms with van der Waals surface area (Å²) in [5.74, 6) is 0. The molecule has 0 radical (unpaired) electrons. The average molecular weight is 166 g/mol. The van der Waals surface area contributed by atoms with E-state index in [1.807, 2.05) is 0 Å². The van der Waals surface area contributed by atoms with Crippen LogP contribution in [0.1, 0.15) is 58.8 Å². The van der Waals surface area contributed by atoms with Crippen LogP contribution in [0.5, 0.6) is 0 Å². The summed E-state index contributed by atoms with van der Waals surface area (Å²) in [7, 11) is 0. The third-order valence-corrected chi connectivity index (χ3v) is 3.44. The highest BCUT2D eigenvalue weighted by Gasteiger charge is 2.31. The summed E-state index contributed by atoms with van der Waals surface area (Å²) in [5, 5.41) is 0. The van der Waals surface area contributed by atoms with Crippen molar-refractivity contribution in [1.82, 2.24) is 0 Å². The van der Waals surface area contributed by atoms with Crippen LogP contribution in [0.3, 0.4) is 0 Å². The van der Waals surface area contributed by atoms with Crippen LogP contribution in [0.2, 0.25) is 0 Å². The third-order valence-electron chi connectivity index (χ3n) is 3.44. The summed E-state index contributed by atoms with van der Waals surface area (Å²) in [4.78, 5) is 0. The van der Waals surface area contributed by atoms with E-state index < -0.39 is 0 Å². The van der Waals surface area contributed by atoms with E-state index in [0.717, 1.165) is 0 Å². The molecule has 1 saturated carbocycles. The van der Waals surface area contributed by atoms with Gasteiger partial charge in [-0.25, -0.2) is 0 Å². The normalized spacial score (nSPS) is 22.2. The van der Waals surface area contributed by atoms with E-state index >= 15 is 0 Å². The Bertz CT molecular complexity index is 144. The summed E-state index contributed by atoms with van der Waals surface area (Å²) in [5.41, 5.74) is 1.97. The Morgan fingerprint density at radius 3 is 2.25 bits per heavy atom. The predicted molar refractivity (Wildman–Crippen MR) is 55.2 cm³/mol. The van der Waals surface area contributed by atoms with Gasteiger partial charge in [0.05, 0.1) is 0 Å². The number of hydrogen-bond donors (Lipinski definition) is 0. The van der Waals surface area contributed by atoms with Gasteiger partial charge in [0.25, 0.3) is 0 Å². The highest BCUT2D eigenvalue weighted by Crippen LogP contribution is 2.45. The van der Waals surface area contributed by atoms with Crippen molar-refractivity contribution in [2.75, 3.05) is 0 Å². The maximum atomic E-state index is 4.17. The average Bonchev–Trinajstić information content (AvgIpc) is 2.06. The van der Waals surface area contributed by atoms with Gasteiger partial charge in [-0.1, -0.05) is 44.8 Å². The first-order chi connectivity index (χ1) is 5.71. The fourth-order valence-electron chi connectivity index (χ4n) is 2.60. The molecule has 0 bridgehead atoms. The van der Waals surface area contributed by atoms with Gasteiger partial charge < -0.3 is 0 Å². The first-order valence-electron chi connectivity index (χ1n) is 5.37. The smallest absolute Gasteiger partial charge is 0.00936 e. The lowest BCUT2D eigenvalue weighted by Crippen LogP contribution is -2.24. The van der Waals surface area contributed by atoms with E-state index in [0.29, 0.717) is 5.41 Å². The van der Waals surface area contributed by atoms with Crippen LogP contribution in [0.25, 0.3) is 0 Å². The largest absolute Gasteiger partial charge is 0.0996 e. The van der Waals surface area contributed by atoms with Crippen LogP contribution in [0.4, 0.5) is 0 Å². The highest BCUT2D eigenvalue weighted by molar-refractivity contribution is 5.08. The lowest BCUT2D eigenvalue weighted by atomic mass is 9.67. The lowest BCUT2D eigenvalue weighted by Gasteiger charge is -2.38. The minimum atomic E-state index is 0.535. The molecule has 0 heteroatoms. The molecule has 1 aliphatic rings. The molecule has 0 amide bonds. The van der Waals surface area contributed by atoms with E-state index in [1.165, 1.54) is 50.5 Å². The van der Waals surface area contributed by atoms with Crippen molar-refractivity contribution < 1.29 is 0 Å². The van der Waals surface area contributed by atoms with Crippen LogP contribution in [0, 0.1) is 5.41 Å². The van der Waals surface area contributed by atoms with Gasteiger partial charge in [0.1, 0.15) is 0 Å². The fraction of sp³-hybridized carbons (Fsp3) is 0.833. The molecule has 0 aromatic heterocycles. The molecule has 12 heavy (non-hydrogen) atoms. The molecule has 0 heterocycles. The van der Waals surface area contributed by atoms with Crippen molar-refractivity contribution in [1.29, 1.82) is 0 Å². The second-order valence-electron chi connectivity index (χ2n) is 4.37. The maximum Gasteiger partial charge on any atom is -0.00936 e. The molecule has 0 aromatic carbocycles. The molecule has 70 valence electrons. The van der Waals surface area contributed by atoms with Crippen LogP contribution < -0.4 is 0 Å². The Morgan fingerprint density at radius 1 is 1.25 bits per heavy atom. The van der Waals surface area contributed by atoms with Crippen molar-refractivity contribution in [2.45, 2.75) is 58.8 Å². The standard InChI is InChI=1S/C12H22/c1-4-8-12(11(2)3)9-6-5-7-10-12/h2,4-10H2,1,3H3. The third kappa shape index (κ3) is 1.91. The molecule has 1 aliphatic carbocycles. The van der Waals surface area contributed by atoms with Gasteiger partial charge in [0.15, 0.2) is 0 Å². The van der Waals surface area contributed by atoms with Gasteiger partial charge in [-0.2, -0.15) is 0 Å². The Kier molecular flexibility index (Phi) is 3.37. The highest BCUT2D eigenvalue weighted by atomic mass is 14.4. The minimum absolute atomic E-state index is 0.535. The Hall–Kier alpha value is -0.260. The maximum absolute atomic E-state index is 4.17. The topological polar surface area (TPSA) is 0 Å². The van der Waals surface area contributed by atoms with Crippen LogP contribution in [-0.4, -0.2) is 0 Å². The Balaban J connectivity index is 2.63. The number of allylic oxidation sites excluding steroid dienone is 1. The zero-order chi connectivity index (χ0) is 9.03. The van der Waals surface area contributed by atoms with Gasteiger partial charge >= 0.3 is 0 Å². The molecule has 0 aromatic rings. The molecule has 0 spiro atoms. The van der Waals surface area contributed by atoms with Gasteiger partial charge in [-0.05, 0) is 31.6 Å². The minimum Gasteiger partial charge on any atom is -0.0996 e.